The lowest BCUT2D eigenvalue weighted by atomic mass is 10.1. The number of rotatable bonds is 3. The van der Waals surface area contributed by atoms with Crippen LogP contribution in [0.5, 0.6) is 0 Å². The van der Waals surface area contributed by atoms with Crippen LogP contribution in [-0.2, 0) is 4.79 Å². The van der Waals surface area contributed by atoms with Crippen molar-refractivity contribution in [1.29, 1.82) is 0 Å². The van der Waals surface area contributed by atoms with Crippen molar-refractivity contribution in [2.75, 3.05) is 0 Å². The smallest absolute Gasteiger partial charge is 0.306 e. The third-order valence-electron chi connectivity index (χ3n) is 2.66. The maximum absolute atomic E-state index is 10.5. The molecule has 0 aromatic heterocycles. The van der Waals surface area contributed by atoms with Crippen LogP contribution in [0, 0.1) is 11.8 Å². The molecule has 0 radical (unpaired) electrons. The minimum Gasteiger partial charge on any atom is -0.481 e. The van der Waals surface area contributed by atoms with E-state index in [0.717, 1.165) is 12.8 Å². The molecule has 2 unspecified atom stereocenters. The highest BCUT2D eigenvalue weighted by Gasteiger charge is 2.42. The lowest BCUT2D eigenvalue weighted by Gasteiger charge is -2.01. The molecular formula is C10H16O2. The number of allylic oxidation sites excluding steroid dienone is 2. The summed E-state index contributed by atoms with van der Waals surface area (Å²) in [6.45, 7) is 6.24. The van der Waals surface area contributed by atoms with Crippen molar-refractivity contribution < 1.29 is 9.90 Å². The zero-order valence-corrected chi connectivity index (χ0v) is 7.92. The molecule has 1 saturated carbocycles. The quantitative estimate of drug-likeness (QED) is 0.657. The van der Waals surface area contributed by atoms with Gasteiger partial charge >= 0.3 is 5.97 Å². The van der Waals surface area contributed by atoms with Crippen molar-refractivity contribution in [3.63, 3.8) is 0 Å². The monoisotopic (exact) mass is 168 g/mol. The van der Waals surface area contributed by atoms with Gasteiger partial charge in [-0.25, -0.2) is 0 Å². The second-order valence-corrected chi connectivity index (χ2v) is 3.92. The van der Waals surface area contributed by atoms with E-state index in [1.807, 2.05) is 0 Å². The molecule has 0 saturated heterocycles. The summed E-state index contributed by atoms with van der Waals surface area (Å²) in [6.07, 6.45) is 1.85. The Hall–Kier alpha value is -0.790. The first-order valence-electron chi connectivity index (χ1n) is 4.38. The highest BCUT2D eigenvalue weighted by molar-refractivity contribution is 5.73. The van der Waals surface area contributed by atoms with Gasteiger partial charge in [-0.15, -0.1) is 0 Å². The van der Waals surface area contributed by atoms with E-state index >= 15 is 0 Å². The molecule has 0 bridgehead atoms. The van der Waals surface area contributed by atoms with Gasteiger partial charge in [-0.3, -0.25) is 4.79 Å². The van der Waals surface area contributed by atoms with Gasteiger partial charge in [0.2, 0.25) is 0 Å². The molecule has 2 heteroatoms. The zero-order valence-electron chi connectivity index (χ0n) is 7.92. The van der Waals surface area contributed by atoms with Gasteiger partial charge < -0.3 is 5.11 Å². The Labute approximate surface area is 73.3 Å². The molecule has 0 heterocycles. The summed E-state index contributed by atoms with van der Waals surface area (Å²) < 4.78 is 0. The Kier molecular flexibility index (Phi) is 2.55. The van der Waals surface area contributed by atoms with Crippen LogP contribution in [0.3, 0.4) is 0 Å². The molecule has 1 aliphatic rings. The third-order valence-corrected chi connectivity index (χ3v) is 2.66. The van der Waals surface area contributed by atoms with E-state index in [1.54, 1.807) is 0 Å². The van der Waals surface area contributed by atoms with Gasteiger partial charge in [0.25, 0.3) is 0 Å². The van der Waals surface area contributed by atoms with Crippen molar-refractivity contribution in [3.05, 3.63) is 11.1 Å². The van der Waals surface area contributed by atoms with Gasteiger partial charge in [0.1, 0.15) is 0 Å². The third kappa shape index (κ3) is 2.10. The largest absolute Gasteiger partial charge is 0.481 e. The number of carbonyl (C=O) groups is 1. The Morgan fingerprint density at radius 3 is 2.33 bits per heavy atom. The molecule has 0 spiro atoms. The average Bonchev–Trinajstić information content (AvgIpc) is 2.67. The first-order valence-corrected chi connectivity index (χ1v) is 4.38. The fraction of sp³-hybridized carbons (Fsp3) is 0.700. The molecule has 1 fully saturated rings. The fourth-order valence-electron chi connectivity index (χ4n) is 1.37. The van der Waals surface area contributed by atoms with E-state index in [0.29, 0.717) is 5.92 Å². The van der Waals surface area contributed by atoms with Gasteiger partial charge in [-0.2, -0.15) is 0 Å². The van der Waals surface area contributed by atoms with Crippen LogP contribution in [-0.4, -0.2) is 11.1 Å². The SMILES string of the molecule is CC(C)=C(C)CC1CC1C(=O)O. The van der Waals surface area contributed by atoms with Gasteiger partial charge in [0, 0.05) is 0 Å². The molecule has 2 atom stereocenters. The topological polar surface area (TPSA) is 37.3 Å². The number of hydrogen-bond acceptors (Lipinski definition) is 1. The molecule has 0 amide bonds. The van der Waals surface area contributed by atoms with E-state index in [9.17, 15) is 4.79 Å². The van der Waals surface area contributed by atoms with Crippen molar-refractivity contribution in [2.24, 2.45) is 11.8 Å². The standard InChI is InChI=1S/C10H16O2/c1-6(2)7(3)4-8-5-9(8)10(11)12/h8-9H,4-5H2,1-3H3,(H,11,12). The highest BCUT2D eigenvalue weighted by Crippen LogP contribution is 2.43. The van der Waals surface area contributed by atoms with E-state index in [1.165, 1.54) is 11.1 Å². The lowest BCUT2D eigenvalue weighted by Crippen LogP contribution is -1.99. The van der Waals surface area contributed by atoms with Crippen LogP contribution in [0.25, 0.3) is 0 Å². The van der Waals surface area contributed by atoms with Crippen LogP contribution >= 0.6 is 0 Å². The summed E-state index contributed by atoms with van der Waals surface area (Å²) in [5.74, 6) is -0.266. The predicted octanol–water partition coefficient (Wildman–Crippen LogP) is 2.45. The molecule has 0 aromatic carbocycles. The van der Waals surface area contributed by atoms with Crippen molar-refractivity contribution in [1.82, 2.24) is 0 Å². The molecule has 12 heavy (non-hydrogen) atoms. The Morgan fingerprint density at radius 1 is 1.42 bits per heavy atom. The lowest BCUT2D eigenvalue weighted by molar-refractivity contribution is -0.138. The fourth-order valence-corrected chi connectivity index (χ4v) is 1.37. The molecule has 1 rings (SSSR count). The summed E-state index contributed by atoms with van der Waals surface area (Å²) in [5, 5.41) is 8.66. The van der Waals surface area contributed by atoms with Gasteiger partial charge in [0.05, 0.1) is 5.92 Å². The molecule has 1 aliphatic carbocycles. The van der Waals surface area contributed by atoms with Gasteiger partial charge in [-0.05, 0) is 39.5 Å². The molecule has 2 nitrogen and oxygen atoms in total. The minimum atomic E-state index is -0.624. The van der Waals surface area contributed by atoms with Crippen molar-refractivity contribution in [2.45, 2.75) is 33.6 Å². The van der Waals surface area contributed by atoms with E-state index in [4.69, 9.17) is 5.11 Å². The van der Waals surface area contributed by atoms with Crippen molar-refractivity contribution in [3.8, 4) is 0 Å². The summed E-state index contributed by atoms with van der Waals surface area (Å²) in [4.78, 5) is 10.5. The highest BCUT2D eigenvalue weighted by atomic mass is 16.4. The Balaban J connectivity index is 2.38. The van der Waals surface area contributed by atoms with Crippen LogP contribution in [0.15, 0.2) is 11.1 Å². The van der Waals surface area contributed by atoms with Gasteiger partial charge in [-0.1, -0.05) is 11.1 Å². The normalized spacial score (nSPS) is 26.6. The maximum Gasteiger partial charge on any atom is 0.306 e. The Bertz CT molecular complexity index is 224. The Morgan fingerprint density at radius 2 is 2.00 bits per heavy atom. The summed E-state index contributed by atoms with van der Waals surface area (Å²) in [7, 11) is 0. The maximum atomic E-state index is 10.5. The summed E-state index contributed by atoms with van der Waals surface area (Å²) in [5.41, 5.74) is 2.68. The van der Waals surface area contributed by atoms with Crippen molar-refractivity contribution >= 4 is 5.97 Å². The molecule has 0 aromatic rings. The first-order chi connectivity index (χ1) is 5.52. The van der Waals surface area contributed by atoms with Crippen LogP contribution in [0.4, 0.5) is 0 Å². The van der Waals surface area contributed by atoms with E-state index < -0.39 is 5.97 Å². The molecule has 68 valence electrons. The number of hydrogen-bond donors (Lipinski definition) is 1. The number of carboxylic acid groups (broad SMARTS) is 1. The number of carboxylic acids is 1. The zero-order chi connectivity index (χ0) is 9.30. The predicted molar refractivity (Wildman–Crippen MR) is 47.9 cm³/mol. The molecule has 1 N–H and O–H groups in total. The van der Waals surface area contributed by atoms with E-state index in [-0.39, 0.29) is 5.92 Å². The van der Waals surface area contributed by atoms with Crippen LogP contribution in [0.2, 0.25) is 0 Å². The molecular weight excluding hydrogens is 152 g/mol. The molecule has 0 aliphatic heterocycles. The van der Waals surface area contributed by atoms with Crippen LogP contribution in [0.1, 0.15) is 33.6 Å². The summed E-state index contributed by atoms with van der Waals surface area (Å²) >= 11 is 0. The first kappa shape index (κ1) is 9.30. The average molecular weight is 168 g/mol. The second kappa shape index (κ2) is 3.30. The van der Waals surface area contributed by atoms with E-state index in [2.05, 4.69) is 20.8 Å². The van der Waals surface area contributed by atoms with Gasteiger partial charge in [0.15, 0.2) is 0 Å². The summed E-state index contributed by atoms with van der Waals surface area (Å²) in [6, 6.07) is 0. The van der Waals surface area contributed by atoms with Crippen LogP contribution < -0.4 is 0 Å². The number of aliphatic carboxylic acids is 1. The minimum absolute atomic E-state index is 0.0562. The second-order valence-electron chi connectivity index (χ2n) is 3.92.